The van der Waals surface area contributed by atoms with E-state index in [2.05, 4.69) is 302 Å². The van der Waals surface area contributed by atoms with Crippen LogP contribution in [-0.2, 0) is 5.41 Å². The zero-order chi connectivity index (χ0) is 53.2. The van der Waals surface area contributed by atoms with Crippen LogP contribution in [0, 0.1) is 0 Å². The standard InChI is InChI=1S/C79H49NO/c1-5-21-50(22-6-1)53-27-19-28-56(45-53)66-48-58-40-39-54(46-65(58)61-31-13-14-32-62(61)66)55-41-43-72-67(47-55)68-49-57(42-44-73(68)80(72)59-29-11-4-12-30-59)60-35-20-38-71-74(60)75-76(79(71)69-36-17-15-33-63(69)64-34-16-18-37-70(64)79)78(52-25-9-3-10-26-52)81-77(75)51-23-7-2-8-24-51/h1-49H. The lowest BCUT2D eigenvalue weighted by molar-refractivity contribution is 0.588. The van der Waals surface area contributed by atoms with E-state index in [1.54, 1.807) is 0 Å². The molecule has 0 amide bonds. The van der Waals surface area contributed by atoms with Crippen LogP contribution in [0.5, 0.6) is 0 Å². The molecule has 0 fully saturated rings. The van der Waals surface area contributed by atoms with Gasteiger partial charge in [-0.15, -0.1) is 0 Å². The Hall–Kier alpha value is -10.5. The fourth-order valence-corrected chi connectivity index (χ4v) is 14.2. The maximum absolute atomic E-state index is 7.45. The summed E-state index contributed by atoms with van der Waals surface area (Å²) >= 11 is 0. The predicted octanol–water partition coefficient (Wildman–Crippen LogP) is 21.0. The van der Waals surface area contributed by atoms with Crippen LogP contribution >= 0.6 is 0 Å². The first-order valence-electron chi connectivity index (χ1n) is 28.1. The molecule has 2 aliphatic carbocycles. The van der Waals surface area contributed by atoms with Gasteiger partial charge in [-0.25, -0.2) is 0 Å². The molecule has 2 heterocycles. The number of benzene rings is 13. The van der Waals surface area contributed by atoms with Crippen LogP contribution in [0.25, 0.3) is 138 Å². The number of nitrogens with zero attached hydrogens (tertiary/aromatic N) is 1. The molecule has 0 aliphatic heterocycles. The van der Waals surface area contributed by atoms with Gasteiger partial charge in [0, 0.05) is 38.7 Å². The van der Waals surface area contributed by atoms with Crippen molar-refractivity contribution in [3.05, 3.63) is 320 Å². The molecule has 13 aromatic carbocycles. The smallest absolute Gasteiger partial charge is 0.143 e. The summed E-state index contributed by atoms with van der Waals surface area (Å²) in [7, 11) is 0. The number of aromatic nitrogens is 1. The molecular formula is C79H49NO. The third kappa shape index (κ3) is 6.68. The van der Waals surface area contributed by atoms with E-state index in [4.69, 9.17) is 4.42 Å². The average Bonchev–Trinajstić information content (AvgIpc) is 3.13. The predicted molar refractivity (Wildman–Crippen MR) is 337 cm³/mol. The summed E-state index contributed by atoms with van der Waals surface area (Å²) < 4.78 is 9.89. The molecule has 0 atom stereocenters. The van der Waals surface area contributed by atoms with Crippen molar-refractivity contribution in [2.45, 2.75) is 5.41 Å². The van der Waals surface area contributed by atoms with Crippen molar-refractivity contribution in [1.82, 2.24) is 4.57 Å². The van der Waals surface area contributed by atoms with Gasteiger partial charge in [0.2, 0.25) is 0 Å². The minimum atomic E-state index is -0.641. The Kier molecular flexibility index (Phi) is 9.96. The van der Waals surface area contributed by atoms with Crippen LogP contribution in [0.1, 0.15) is 22.3 Å². The van der Waals surface area contributed by atoms with E-state index in [0.29, 0.717) is 0 Å². The zero-order valence-corrected chi connectivity index (χ0v) is 44.1. The number of furan rings is 1. The molecule has 376 valence electrons. The summed E-state index contributed by atoms with van der Waals surface area (Å²) in [6.07, 6.45) is 0. The summed E-state index contributed by atoms with van der Waals surface area (Å²) in [5, 5.41) is 7.36. The molecule has 15 aromatic rings. The second-order valence-corrected chi connectivity index (χ2v) is 21.8. The van der Waals surface area contributed by atoms with Crippen molar-refractivity contribution >= 4 is 43.4 Å². The molecule has 81 heavy (non-hydrogen) atoms. The van der Waals surface area contributed by atoms with Gasteiger partial charge >= 0.3 is 0 Å². The summed E-state index contributed by atoms with van der Waals surface area (Å²) in [6, 6.07) is 110. The van der Waals surface area contributed by atoms with E-state index in [9.17, 15) is 0 Å². The van der Waals surface area contributed by atoms with Gasteiger partial charge < -0.3 is 8.98 Å². The van der Waals surface area contributed by atoms with Crippen LogP contribution in [0.3, 0.4) is 0 Å². The van der Waals surface area contributed by atoms with Crippen molar-refractivity contribution < 1.29 is 4.42 Å². The van der Waals surface area contributed by atoms with Gasteiger partial charge in [0.05, 0.1) is 16.4 Å². The normalized spacial score (nSPS) is 12.8. The third-order valence-electron chi connectivity index (χ3n) is 17.6. The van der Waals surface area contributed by atoms with Gasteiger partial charge in [-0.3, -0.25) is 0 Å². The maximum Gasteiger partial charge on any atom is 0.143 e. The molecule has 0 unspecified atom stereocenters. The number of para-hydroxylation sites is 1. The Labute approximate surface area is 469 Å². The van der Waals surface area contributed by atoms with Gasteiger partial charge in [-0.05, 0) is 154 Å². The van der Waals surface area contributed by atoms with Crippen LogP contribution in [0.15, 0.2) is 302 Å². The van der Waals surface area contributed by atoms with Crippen LogP contribution in [0.2, 0.25) is 0 Å². The lowest BCUT2D eigenvalue weighted by Gasteiger charge is -2.30. The molecule has 0 saturated heterocycles. The molecule has 0 N–H and O–H groups in total. The Morgan fingerprint density at radius 1 is 0.259 bits per heavy atom. The van der Waals surface area contributed by atoms with Gasteiger partial charge in [0.25, 0.3) is 0 Å². The number of hydrogen-bond acceptors (Lipinski definition) is 1. The number of rotatable bonds is 7. The lowest BCUT2D eigenvalue weighted by atomic mass is 9.69. The van der Waals surface area contributed by atoms with E-state index in [-0.39, 0.29) is 0 Å². The SMILES string of the molecule is c1ccc(-c2cccc(-c3cc4ccc(-c5ccc6c(c5)c5cc(-c7cccc8c7-c7c(-c9ccccc9)oc(-c9ccccc9)c7C87c8ccccc8-c8ccccc87)ccc5n6-c5ccccc5)cc4c4ccccc34)c2)cc1. The second-order valence-electron chi connectivity index (χ2n) is 21.8. The van der Waals surface area contributed by atoms with Crippen molar-refractivity contribution in [3.63, 3.8) is 0 Å². The summed E-state index contributed by atoms with van der Waals surface area (Å²) in [6.45, 7) is 0. The Morgan fingerprint density at radius 2 is 0.728 bits per heavy atom. The molecule has 2 aromatic heterocycles. The Balaban J connectivity index is 0.885. The van der Waals surface area contributed by atoms with Gasteiger partial charge in [0.1, 0.15) is 11.5 Å². The van der Waals surface area contributed by atoms with E-state index in [0.717, 1.165) is 50.5 Å². The van der Waals surface area contributed by atoms with E-state index in [1.807, 2.05) is 0 Å². The quantitative estimate of drug-likeness (QED) is 0.146. The topological polar surface area (TPSA) is 18.1 Å². The number of fused-ring (bicyclic) bond motifs is 16. The third-order valence-corrected chi connectivity index (χ3v) is 17.6. The minimum Gasteiger partial charge on any atom is -0.455 e. The van der Waals surface area contributed by atoms with Gasteiger partial charge in [0.15, 0.2) is 0 Å². The first-order chi connectivity index (χ1) is 40.2. The molecule has 17 rings (SSSR count). The average molecular weight is 1030 g/mol. The second kappa shape index (κ2) is 17.7. The maximum atomic E-state index is 7.45. The summed E-state index contributed by atoms with van der Waals surface area (Å²) in [5.41, 5.74) is 24.5. The first kappa shape index (κ1) is 45.5. The minimum absolute atomic E-state index is 0.641. The monoisotopic (exact) mass is 1030 g/mol. The molecule has 2 nitrogen and oxygen atoms in total. The zero-order valence-electron chi connectivity index (χ0n) is 44.1. The van der Waals surface area contributed by atoms with E-state index in [1.165, 1.54) is 110 Å². The molecule has 1 spiro atoms. The van der Waals surface area contributed by atoms with Crippen LogP contribution in [0.4, 0.5) is 0 Å². The highest BCUT2D eigenvalue weighted by molar-refractivity contribution is 6.16. The highest BCUT2D eigenvalue weighted by Crippen LogP contribution is 2.68. The van der Waals surface area contributed by atoms with Crippen LogP contribution in [-0.4, -0.2) is 4.57 Å². The number of hydrogen-bond donors (Lipinski definition) is 0. The molecule has 2 aliphatic rings. The van der Waals surface area contributed by atoms with Gasteiger partial charge in [-0.2, -0.15) is 0 Å². The summed E-state index contributed by atoms with van der Waals surface area (Å²) in [5.74, 6) is 1.79. The van der Waals surface area contributed by atoms with E-state index >= 15 is 0 Å². The molecule has 0 radical (unpaired) electrons. The van der Waals surface area contributed by atoms with Crippen molar-refractivity contribution in [3.8, 4) is 95.1 Å². The van der Waals surface area contributed by atoms with Crippen molar-refractivity contribution in [2.24, 2.45) is 0 Å². The molecule has 0 bridgehead atoms. The van der Waals surface area contributed by atoms with E-state index < -0.39 is 5.41 Å². The molecule has 0 saturated carbocycles. The Bertz CT molecular complexity index is 4980. The highest BCUT2D eigenvalue weighted by Gasteiger charge is 2.56. The first-order valence-corrected chi connectivity index (χ1v) is 28.1. The van der Waals surface area contributed by atoms with Gasteiger partial charge in [-0.1, -0.05) is 243 Å². The summed E-state index contributed by atoms with van der Waals surface area (Å²) in [4.78, 5) is 0. The lowest BCUT2D eigenvalue weighted by Crippen LogP contribution is -2.26. The van der Waals surface area contributed by atoms with Crippen molar-refractivity contribution in [1.29, 1.82) is 0 Å². The van der Waals surface area contributed by atoms with Crippen LogP contribution < -0.4 is 0 Å². The Morgan fingerprint density at radius 3 is 1.42 bits per heavy atom. The highest BCUT2D eigenvalue weighted by atomic mass is 16.3. The molecule has 2 heteroatoms. The fraction of sp³-hybridized carbons (Fsp3) is 0.0127. The fourth-order valence-electron chi connectivity index (χ4n) is 14.2. The van der Waals surface area contributed by atoms with Crippen molar-refractivity contribution in [2.75, 3.05) is 0 Å². The molecular weight excluding hydrogens is 979 g/mol. The largest absolute Gasteiger partial charge is 0.455 e.